The van der Waals surface area contributed by atoms with Crippen LogP contribution in [0.25, 0.3) is 10.2 Å². The predicted octanol–water partition coefficient (Wildman–Crippen LogP) is 4.85. The Balaban J connectivity index is 1.87. The molecule has 3 nitrogen and oxygen atoms in total. The van der Waals surface area contributed by atoms with Crippen molar-refractivity contribution in [2.45, 2.75) is 30.0 Å². The van der Waals surface area contributed by atoms with Gasteiger partial charge in [0.05, 0.1) is 16.4 Å². The van der Waals surface area contributed by atoms with Gasteiger partial charge in [0.2, 0.25) is 0 Å². The van der Waals surface area contributed by atoms with Gasteiger partial charge in [-0.15, -0.1) is 11.3 Å². The van der Waals surface area contributed by atoms with Gasteiger partial charge in [-0.25, -0.2) is 4.98 Å². The molecule has 104 valence electrons. The van der Waals surface area contributed by atoms with E-state index in [-0.39, 0.29) is 0 Å². The number of aromatic nitrogens is 1. The van der Waals surface area contributed by atoms with Crippen LogP contribution in [0.1, 0.15) is 25.7 Å². The largest absolute Gasteiger partial charge is 0.399 e. The van der Waals surface area contributed by atoms with Crippen LogP contribution in [0.2, 0.25) is 0 Å². The molecule has 20 heavy (non-hydrogen) atoms. The Morgan fingerprint density at radius 1 is 1.30 bits per heavy atom. The van der Waals surface area contributed by atoms with Gasteiger partial charge in [0.15, 0.2) is 4.34 Å². The average molecular weight is 304 g/mol. The van der Waals surface area contributed by atoms with Crippen molar-refractivity contribution in [3.63, 3.8) is 0 Å². The first kappa shape index (κ1) is 13.6. The van der Waals surface area contributed by atoms with Crippen LogP contribution in [0.4, 0.5) is 0 Å². The Morgan fingerprint density at radius 2 is 2.15 bits per heavy atom. The van der Waals surface area contributed by atoms with Crippen molar-refractivity contribution in [2.75, 3.05) is 7.11 Å². The molecule has 0 aliphatic heterocycles. The van der Waals surface area contributed by atoms with Crippen LogP contribution in [0.3, 0.4) is 0 Å². The summed E-state index contributed by atoms with van der Waals surface area (Å²) in [6.45, 7) is 0. The highest BCUT2D eigenvalue weighted by molar-refractivity contribution is 8.04. The highest BCUT2D eigenvalue weighted by Gasteiger charge is 2.15. The van der Waals surface area contributed by atoms with E-state index in [1.54, 1.807) is 30.2 Å². The predicted molar refractivity (Wildman–Crippen MR) is 86.5 cm³/mol. The second kappa shape index (κ2) is 6.41. The molecule has 0 amide bonds. The molecule has 1 aliphatic carbocycles. The molecule has 1 heterocycles. The Bertz CT molecular complexity index is 628. The second-order valence-corrected chi connectivity index (χ2v) is 6.99. The number of fused-ring (bicyclic) bond motifs is 1. The number of nitrogens with zero attached hydrogens (tertiary/aromatic N) is 2. The number of hydrogen-bond donors (Lipinski definition) is 0. The lowest BCUT2D eigenvalue weighted by atomic mass is 10.0. The van der Waals surface area contributed by atoms with Crippen molar-refractivity contribution < 1.29 is 4.84 Å². The Hall–Kier alpha value is -1.33. The quantitative estimate of drug-likeness (QED) is 0.598. The zero-order valence-corrected chi connectivity index (χ0v) is 13.0. The molecule has 0 saturated heterocycles. The zero-order valence-electron chi connectivity index (χ0n) is 11.3. The molecule has 0 N–H and O–H groups in total. The van der Waals surface area contributed by atoms with E-state index < -0.39 is 0 Å². The smallest absolute Gasteiger partial charge is 0.155 e. The van der Waals surface area contributed by atoms with E-state index in [1.165, 1.54) is 28.0 Å². The zero-order chi connectivity index (χ0) is 13.8. The van der Waals surface area contributed by atoms with Gasteiger partial charge in [0.25, 0.3) is 0 Å². The van der Waals surface area contributed by atoms with E-state index in [9.17, 15) is 0 Å². The first-order chi connectivity index (χ1) is 9.86. The SMILES string of the molecule is CON=CC1=C(Sc2nc3ccccc3s2)CCCC1. The molecule has 0 spiro atoms. The molecular weight excluding hydrogens is 288 g/mol. The number of allylic oxidation sites excluding steroid dienone is 2. The number of thioether (sulfide) groups is 1. The fraction of sp³-hybridized carbons (Fsp3) is 0.333. The molecule has 0 radical (unpaired) electrons. The van der Waals surface area contributed by atoms with Gasteiger partial charge in [0.1, 0.15) is 7.11 Å². The minimum Gasteiger partial charge on any atom is -0.399 e. The summed E-state index contributed by atoms with van der Waals surface area (Å²) in [4.78, 5) is 10.9. The van der Waals surface area contributed by atoms with Crippen molar-refractivity contribution in [3.8, 4) is 0 Å². The summed E-state index contributed by atoms with van der Waals surface area (Å²) in [7, 11) is 1.58. The number of oxime groups is 1. The minimum absolute atomic E-state index is 1.08. The molecule has 0 unspecified atom stereocenters. The molecule has 2 aromatic rings. The molecule has 0 saturated carbocycles. The first-order valence-electron chi connectivity index (χ1n) is 6.69. The van der Waals surface area contributed by atoms with Gasteiger partial charge in [-0.05, 0) is 48.3 Å². The standard InChI is InChI=1S/C15H16N2OS2/c1-18-16-10-11-6-2-4-8-13(11)19-15-17-12-7-3-5-9-14(12)20-15/h3,5,7,9-10H,2,4,6,8H2,1H3. The Kier molecular flexibility index (Phi) is 4.38. The summed E-state index contributed by atoms with van der Waals surface area (Å²) in [6, 6.07) is 8.29. The summed E-state index contributed by atoms with van der Waals surface area (Å²) in [6.07, 6.45) is 6.53. The molecule has 0 bridgehead atoms. The second-order valence-electron chi connectivity index (χ2n) is 4.62. The highest BCUT2D eigenvalue weighted by atomic mass is 32.2. The van der Waals surface area contributed by atoms with Gasteiger partial charge < -0.3 is 4.84 Å². The van der Waals surface area contributed by atoms with Gasteiger partial charge in [-0.3, -0.25) is 0 Å². The first-order valence-corrected chi connectivity index (χ1v) is 8.32. The molecule has 1 aliphatic rings. The van der Waals surface area contributed by atoms with E-state index >= 15 is 0 Å². The number of benzene rings is 1. The molecule has 5 heteroatoms. The number of hydrogen-bond acceptors (Lipinski definition) is 5. The monoisotopic (exact) mass is 304 g/mol. The van der Waals surface area contributed by atoms with E-state index in [2.05, 4.69) is 23.4 Å². The third-order valence-corrected chi connectivity index (χ3v) is 5.57. The fourth-order valence-corrected chi connectivity index (χ4v) is 4.59. The highest BCUT2D eigenvalue weighted by Crippen LogP contribution is 2.39. The minimum atomic E-state index is 1.08. The molecule has 3 rings (SSSR count). The van der Waals surface area contributed by atoms with Gasteiger partial charge in [0, 0.05) is 0 Å². The summed E-state index contributed by atoms with van der Waals surface area (Å²) < 4.78 is 2.37. The summed E-state index contributed by atoms with van der Waals surface area (Å²) in [5, 5.41) is 3.92. The lowest BCUT2D eigenvalue weighted by Crippen LogP contribution is -1.99. The maximum absolute atomic E-state index is 4.80. The summed E-state index contributed by atoms with van der Waals surface area (Å²) in [5.41, 5.74) is 2.38. The van der Waals surface area contributed by atoms with E-state index in [0.717, 1.165) is 22.7 Å². The van der Waals surface area contributed by atoms with Gasteiger partial charge >= 0.3 is 0 Å². The van der Waals surface area contributed by atoms with Crippen LogP contribution in [0.5, 0.6) is 0 Å². The molecule has 0 fully saturated rings. The lowest BCUT2D eigenvalue weighted by Gasteiger charge is -2.15. The average Bonchev–Trinajstić information content (AvgIpc) is 2.88. The van der Waals surface area contributed by atoms with E-state index in [1.807, 2.05) is 12.3 Å². The van der Waals surface area contributed by atoms with Crippen LogP contribution in [-0.4, -0.2) is 18.3 Å². The van der Waals surface area contributed by atoms with E-state index in [4.69, 9.17) is 9.82 Å². The van der Waals surface area contributed by atoms with Crippen molar-refractivity contribution >= 4 is 39.5 Å². The van der Waals surface area contributed by atoms with Crippen LogP contribution in [0, 0.1) is 0 Å². The normalized spacial score (nSPS) is 16.2. The van der Waals surface area contributed by atoms with Crippen LogP contribution in [0.15, 0.2) is 44.2 Å². The van der Waals surface area contributed by atoms with Crippen LogP contribution in [-0.2, 0) is 4.84 Å². The lowest BCUT2D eigenvalue weighted by molar-refractivity contribution is 0.215. The van der Waals surface area contributed by atoms with Gasteiger partial charge in [-0.1, -0.05) is 29.1 Å². The Labute approximate surface area is 126 Å². The van der Waals surface area contributed by atoms with Gasteiger partial charge in [-0.2, -0.15) is 0 Å². The molecule has 0 atom stereocenters. The van der Waals surface area contributed by atoms with Crippen molar-refractivity contribution in [2.24, 2.45) is 5.16 Å². The third kappa shape index (κ3) is 3.04. The van der Waals surface area contributed by atoms with Crippen molar-refractivity contribution in [3.05, 3.63) is 34.7 Å². The van der Waals surface area contributed by atoms with Crippen molar-refractivity contribution in [1.82, 2.24) is 4.98 Å². The van der Waals surface area contributed by atoms with E-state index in [0.29, 0.717) is 0 Å². The van der Waals surface area contributed by atoms with Crippen LogP contribution >= 0.6 is 23.1 Å². The maximum atomic E-state index is 4.80. The summed E-state index contributed by atoms with van der Waals surface area (Å²) >= 11 is 3.55. The number of thiazole rings is 1. The van der Waals surface area contributed by atoms with Crippen molar-refractivity contribution in [1.29, 1.82) is 0 Å². The topological polar surface area (TPSA) is 34.5 Å². The molecule has 1 aromatic carbocycles. The fourth-order valence-electron chi connectivity index (χ4n) is 2.27. The third-order valence-electron chi connectivity index (χ3n) is 3.26. The number of para-hydroxylation sites is 1. The molecule has 1 aromatic heterocycles. The molecular formula is C15H16N2OS2. The van der Waals surface area contributed by atoms with Crippen LogP contribution < -0.4 is 0 Å². The number of rotatable bonds is 4. The maximum Gasteiger partial charge on any atom is 0.155 e. The Morgan fingerprint density at radius 3 is 3.00 bits per heavy atom. The summed E-state index contributed by atoms with van der Waals surface area (Å²) in [5.74, 6) is 0.